The molecule has 0 saturated heterocycles. The van der Waals surface area contributed by atoms with Crippen molar-refractivity contribution in [2.45, 2.75) is 56.4 Å². The lowest BCUT2D eigenvalue weighted by molar-refractivity contribution is -0.136. The highest BCUT2D eigenvalue weighted by Gasteiger charge is 2.46. The van der Waals surface area contributed by atoms with Gasteiger partial charge in [0.05, 0.1) is 5.56 Å². The van der Waals surface area contributed by atoms with Crippen LogP contribution in [0.2, 0.25) is 0 Å². The van der Waals surface area contributed by atoms with Crippen molar-refractivity contribution < 1.29 is 26.3 Å². The van der Waals surface area contributed by atoms with Gasteiger partial charge in [0.15, 0.2) is 0 Å². The average Bonchev–Trinajstić information content (AvgIpc) is 2.72. The fourth-order valence-corrected chi connectivity index (χ4v) is 4.80. The molecule has 3 nitrogen and oxygen atoms in total. The molecule has 0 amide bonds. The summed E-state index contributed by atoms with van der Waals surface area (Å²) >= 11 is 0. The third-order valence-corrected chi connectivity index (χ3v) is 5.74. The third-order valence-electron chi connectivity index (χ3n) is 5.74. The van der Waals surface area contributed by atoms with Crippen LogP contribution < -0.4 is 10.5 Å². The molecule has 1 N–H and O–H groups in total. The van der Waals surface area contributed by atoms with E-state index in [1.54, 1.807) is 0 Å². The molecule has 2 unspecified atom stereocenters. The quantitative estimate of drug-likeness (QED) is 0.651. The lowest BCUT2D eigenvalue weighted by Gasteiger charge is -2.30. The van der Waals surface area contributed by atoms with E-state index in [0.29, 0.717) is 18.9 Å². The summed E-state index contributed by atoms with van der Waals surface area (Å²) in [5.74, 6) is -0.421. The predicted octanol–water partition coefficient (Wildman–Crippen LogP) is 5.35. The van der Waals surface area contributed by atoms with E-state index in [2.05, 4.69) is 4.98 Å². The largest absolute Gasteiger partial charge is 0.417 e. The summed E-state index contributed by atoms with van der Waals surface area (Å²) in [5.41, 5.74) is -1.48. The summed E-state index contributed by atoms with van der Waals surface area (Å²) in [7, 11) is 0. The maximum absolute atomic E-state index is 13.7. The minimum Gasteiger partial charge on any atom is -0.359 e. The molecule has 2 heterocycles. The van der Waals surface area contributed by atoms with E-state index in [0.717, 1.165) is 19.3 Å². The number of benzene rings is 1. The molecular formula is C19H18F6N2O. The van der Waals surface area contributed by atoms with E-state index in [-0.39, 0.29) is 22.2 Å². The van der Waals surface area contributed by atoms with Gasteiger partial charge in [-0.2, -0.15) is 26.3 Å². The number of rotatable bonds is 1. The summed E-state index contributed by atoms with van der Waals surface area (Å²) in [4.78, 5) is 15.4. The molecule has 9 heteroatoms. The van der Waals surface area contributed by atoms with Crippen molar-refractivity contribution in [2.75, 3.05) is 11.4 Å². The second-order valence-electron chi connectivity index (χ2n) is 7.52. The van der Waals surface area contributed by atoms with Crippen molar-refractivity contribution in [3.05, 3.63) is 39.7 Å². The van der Waals surface area contributed by atoms with Crippen LogP contribution in [0.5, 0.6) is 0 Å². The van der Waals surface area contributed by atoms with Crippen LogP contribution in [0.4, 0.5) is 32.0 Å². The maximum atomic E-state index is 13.7. The van der Waals surface area contributed by atoms with E-state index in [9.17, 15) is 31.1 Å². The van der Waals surface area contributed by atoms with Crippen molar-refractivity contribution >= 4 is 16.6 Å². The first-order chi connectivity index (χ1) is 13.1. The van der Waals surface area contributed by atoms with Gasteiger partial charge in [-0.3, -0.25) is 4.79 Å². The zero-order valence-electron chi connectivity index (χ0n) is 14.8. The molecule has 0 spiro atoms. The van der Waals surface area contributed by atoms with Gasteiger partial charge in [0, 0.05) is 34.6 Å². The van der Waals surface area contributed by atoms with Crippen molar-refractivity contribution in [1.29, 1.82) is 0 Å². The molecule has 2 aromatic rings. The van der Waals surface area contributed by atoms with Crippen LogP contribution in [0, 0.1) is 0 Å². The molecule has 0 radical (unpaired) electrons. The van der Waals surface area contributed by atoms with Crippen LogP contribution in [-0.4, -0.2) is 23.7 Å². The smallest absolute Gasteiger partial charge is 0.359 e. The van der Waals surface area contributed by atoms with Gasteiger partial charge in [-0.05, 0) is 30.5 Å². The lowest BCUT2D eigenvalue weighted by atomic mass is 9.87. The van der Waals surface area contributed by atoms with Gasteiger partial charge in [-0.25, -0.2) is 0 Å². The van der Waals surface area contributed by atoms with Gasteiger partial charge in [0.2, 0.25) is 5.56 Å². The monoisotopic (exact) mass is 404 g/mol. The van der Waals surface area contributed by atoms with Crippen LogP contribution in [0.15, 0.2) is 23.0 Å². The van der Waals surface area contributed by atoms with Gasteiger partial charge in [0.25, 0.3) is 0 Å². The third kappa shape index (κ3) is 3.24. The minimum atomic E-state index is -4.78. The summed E-state index contributed by atoms with van der Waals surface area (Å²) in [6.45, 7) is -1.20. The number of pyridine rings is 1. The normalized spacial score (nSPS) is 22.9. The average molecular weight is 404 g/mol. The molecule has 1 aromatic carbocycles. The molecule has 28 heavy (non-hydrogen) atoms. The summed E-state index contributed by atoms with van der Waals surface area (Å²) < 4.78 is 80.8. The number of fused-ring (bicyclic) bond motifs is 5. The van der Waals surface area contributed by atoms with Gasteiger partial charge in [0.1, 0.15) is 6.54 Å². The number of anilines is 1. The Kier molecular flexibility index (Phi) is 4.39. The molecule has 2 aliphatic rings. The van der Waals surface area contributed by atoms with Gasteiger partial charge in [-0.15, -0.1) is 0 Å². The number of H-pyrrole nitrogens is 1. The summed E-state index contributed by atoms with van der Waals surface area (Å²) in [5, 5.41) is -0.175. The number of aromatic nitrogens is 1. The number of hydrogen-bond acceptors (Lipinski definition) is 2. The number of alkyl halides is 6. The SMILES string of the molecule is O=c1cc(C(F)(F)F)c2c3c(ccc2[nH]1)N(CC(F)(F)F)C1CCCCCC31. The fraction of sp³-hybridized carbons (Fsp3) is 0.526. The van der Waals surface area contributed by atoms with E-state index in [1.165, 1.54) is 17.0 Å². The van der Waals surface area contributed by atoms with Crippen molar-refractivity contribution in [2.24, 2.45) is 0 Å². The molecule has 152 valence electrons. The molecule has 1 fully saturated rings. The molecule has 1 saturated carbocycles. The van der Waals surface area contributed by atoms with E-state index < -0.39 is 42.0 Å². The fourth-order valence-electron chi connectivity index (χ4n) is 4.80. The Morgan fingerprint density at radius 2 is 1.75 bits per heavy atom. The maximum Gasteiger partial charge on any atom is 0.417 e. The number of halogens is 6. The highest BCUT2D eigenvalue weighted by Crippen LogP contribution is 2.52. The molecular weight excluding hydrogens is 386 g/mol. The number of aromatic amines is 1. The Morgan fingerprint density at radius 1 is 1.04 bits per heavy atom. The topological polar surface area (TPSA) is 36.1 Å². The van der Waals surface area contributed by atoms with Crippen molar-refractivity contribution in [3.63, 3.8) is 0 Å². The molecule has 1 aliphatic carbocycles. The molecule has 4 rings (SSSR count). The van der Waals surface area contributed by atoms with E-state index in [1.807, 2.05) is 0 Å². The van der Waals surface area contributed by atoms with Gasteiger partial charge < -0.3 is 9.88 Å². The summed E-state index contributed by atoms with van der Waals surface area (Å²) in [6, 6.07) is 2.70. The van der Waals surface area contributed by atoms with Gasteiger partial charge in [-0.1, -0.05) is 19.3 Å². The van der Waals surface area contributed by atoms with E-state index in [4.69, 9.17) is 0 Å². The second-order valence-corrected chi connectivity index (χ2v) is 7.52. The summed E-state index contributed by atoms with van der Waals surface area (Å²) in [6.07, 6.45) is -5.88. The van der Waals surface area contributed by atoms with Gasteiger partial charge >= 0.3 is 12.4 Å². The highest BCUT2D eigenvalue weighted by atomic mass is 19.4. The van der Waals surface area contributed by atoms with Crippen molar-refractivity contribution in [3.8, 4) is 0 Å². The van der Waals surface area contributed by atoms with Crippen LogP contribution in [-0.2, 0) is 6.18 Å². The standard InChI is InChI=1S/C19H18F6N2O/c20-18(21,22)9-27-13-5-3-1-2-4-10(13)16-14(27)7-6-12-17(16)11(19(23,24)25)8-15(28)26-12/h6-8,10,13H,1-5,9H2,(H,26,28). The Hall–Kier alpha value is -2.19. The lowest BCUT2D eigenvalue weighted by Crippen LogP contribution is -2.40. The number of nitrogens with zero attached hydrogens (tertiary/aromatic N) is 1. The first-order valence-electron chi connectivity index (χ1n) is 9.17. The second kappa shape index (κ2) is 6.42. The van der Waals surface area contributed by atoms with Crippen LogP contribution in [0.1, 0.15) is 49.1 Å². The van der Waals surface area contributed by atoms with Crippen LogP contribution in [0.25, 0.3) is 10.9 Å². The number of nitrogens with one attached hydrogen (secondary N) is 1. The zero-order chi connectivity index (χ0) is 20.3. The first-order valence-corrected chi connectivity index (χ1v) is 9.17. The Bertz CT molecular complexity index is 962. The highest BCUT2D eigenvalue weighted by molar-refractivity contribution is 5.93. The first kappa shape index (κ1) is 19.1. The zero-order valence-corrected chi connectivity index (χ0v) is 14.8. The van der Waals surface area contributed by atoms with Crippen molar-refractivity contribution in [1.82, 2.24) is 4.98 Å². The molecule has 1 aromatic heterocycles. The molecule has 1 aliphatic heterocycles. The molecule has 0 bridgehead atoms. The van der Waals surface area contributed by atoms with Crippen LogP contribution in [0.3, 0.4) is 0 Å². The van der Waals surface area contributed by atoms with Crippen LogP contribution >= 0.6 is 0 Å². The Labute approximate surface area is 156 Å². The number of hydrogen-bond donors (Lipinski definition) is 1. The minimum absolute atomic E-state index is 0.00966. The predicted molar refractivity (Wildman–Crippen MR) is 92.6 cm³/mol. The molecule has 2 atom stereocenters. The Balaban J connectivity index is 2.01. The van der Waals surface area contributed by atoms with E-state index >= 15 is 0 Å². The Morgan fingerprint density at radius 3 is 2.43 bits per heavy atom.